The molecule has 1 saturated heterocycles. The summed E-state index contributed by atoms with van der Waals surface area (Å²) in [6.45, 7) is 4.99. The van der Waals surface area contributed by atoms with E-state index in [1.165, 1.54) is 12.8 Å². The highest BCUT2D eigenvalue weighted by Crippen LogP contribution is 2.25. The van der Waals surface area contributed by atoms with Crippen LogP contribution in [0.2, 0.25) is 0 Å². The lowest BCUT2D eigenvalue weighted by molar-refractivity contribution is 0.0933. The zero-order chi connectivity index (χ0) is 20.1. The average Bonchev–Trinajstić information content (AvgIpc) is 3.50. The Bertz CT molecular complexity index is 915. The van der Waals surface area contributed by atoms with Crippen molar-refractivity contribution in [3.8, 4) is 5.75 Å². The minimum atomic E-state index is -0.0950. The Kier molecular flexibility index (Phi) is 6.27. The molecule has 1 atom stereocenters. The van der Waals surface area contributed by atoms with E-state index >= 15 is 0 Å². The van der Waals surface area contributed by atoms with E-state index in [1.807, 2.05) is 36.6 Å². The summed E-state index contributed by atoms with van der Waals surface area (Å²) >= 11 is 1.61. The number of carbonyl (C=O) groups is 1. The van der Waals surface area contributed by atoms with Crippen LogP contribution in [0.5, 0.6) is 5.75 Å². The molecular formula is C22H25N3O3S. The number of aryl methyl sites for hydroxylation is 1. The van der Waals surface area contributed by atoms with Gasteiger partial charge in [0.2, 0.25) is 0 Å². The number of hydrogen-bond acceptors (Lipinski definition) is 6. The van der Waals surface area contributed by atoms with Crippen LogP contribution in [-0.2, 0) is 6.61 Å². The second kappa shape index (κ2) is 9.24. The maximum absolute atomic E-state index is 12.6. The van der Waals surface area contributed by atoms with E-state index in [-0.39, 0.29) is 11.9 Å². The number of nitrogens with zero attached hydrogens (tertiary/aromatic N) is 2. The second-order valence-corrected chi connectivity index (χ2v) is 8.22. The van der Waals surface area contributed by atoms with Crippen LogP contribution in [0.3, 0.4) is 0 Å². The van der Waals surface area contributed by atoms with Crippen molar-refractivity contribution in [1.82, 2.24) is 15.2 Å². The molecule has 152 valence electrons. The van der Waals surface area contributed by atoms with Crippen molar-refractivity contribution in [2.24, 2.45) is 0 Å². The van der Waals surface area contributed by atoms with Crippen LogP contribution in [0.25, 0.3) is 0 Å². The number of aromatic nitrogens is 1. The van der Waals surface area contributed by atoms with Crippen LogP contribution in [0, 0.1) is 6.92 Å². The van der Waals surface area contributed by atoms with E-state index in [1.54, 1.807) is 29.7 Å². The number of benzene rings is 1. The van der Waals surface area contributed by atoms with Crippen LogP contribution in [-0.4, -0.2) is 35.4 Å². The zero-order valence-corrected chi connectivity index (χ0v) is 17.3. The van der Waals surface area contributed by atoms with E-state index in [9.17, 15) is 4.79 Å². The lowest BCUT2D eigenvalue weighted by atomic mass is 10.1. The second-order valence-electron chi connectivity index (χ2n) is 7.16. The highest BCUT2D eigenvalue weighted by Gasteiger charge is 2.26. The zero-order valence-electron chi connectivity index (χ0n) is 16.5. The van der Waals surface area contributed by atoms with Gasteiger partial charge in [0, 0.05) is 17.5 Å². The van der Waals surface area contributed by atoms with E-state index in [2.05, 4.69) is 15.2 Å². The van der Waals surface area contributed by atoms with Crippen molar-refractivity contribution in [2.45, 2.75) is 32.4 Å². The lowest BCUT2D eigenvalue weighted by Crippen LogP contribution is -2.36. The Morgan fingerprint density at radius 2 is 2.07 bits per heavy atom. The Labute approximate surface area is 174 Å². The van der Waals surface area contributed by atoms with Crippen LogP contribution in [0.15, 0.2) is 52.5 Å². The number of hydrogen-bond donors (Lipinski definition) is 1. The third-order valence-electron chi connectivity index (χ3n) is 5.08. The van der Waals surface area contributed by atoms with Gasteiger partial charge in [0.25, 0.3) is 5.91 Å². The molecular weight excluding hydrogens is 386 g/mol. The maximum atomic E-state index is 12.6. The predicted octanol–water partition coefficient (Wildman–Crippen LogP) is 4.19. The molecule has 2 aromatic heterocycles. The van der Waals surface area contributed by atoms with E-state index in [4.69, 9.17) is 9.15 Å². The Hall–Kier alpha value is -2.64. The molecule has 29 heavy (non-hydrogen) atoms. The van der Waals surface area contributed by atoms with Gasteiger partial charge in [-0.25, -0.2) is 4.98 Å². The van der Waals surface area contributed by atoms with Gasteiger partial charge in [0.1, 0.15) is 18.1 Å². The minimum Gasteiger partial charge on any atom is -0.487 e. The SMILES string of the molecule is Cc1nc(COc2ccc(C(=O)NCC(c3ccco3)N3CCCC3)cc2)cs1. The fourth-order valence-corrected chi connectivity index (χ4v) is 4.17. The molecule has 1 amide bonds. The lowest BCUT2D eigenvalue weighted by Gasteiger charge is -2.26. The molecule has 6 nitrogen and oxygen atoms in total. The van der Waals surface area contributed by atoms with Crippen molar-refractivity contribution >= 4 is 17.2 Å². The average molecular weight is 412 g/mol. The molecule has 1 fully saturated rings. The summed E-state index contributed by atoms with van der Waals surface area (Å²) in [5, 5.41) is 6.07. The van der Waals surface area contributed by atoms with Crippen molar-refractivity contribution in [3.63, 3.8) is 0 Å². The molecule has 1 N–H and O–H groups in total. The number of ether oxygens (including phenoxy) is 1. The fourth-order valence-electron chi connectivity index (χ4n) is 3.57. The Balaban J connectivity index is 1.32. The van der Waals surface area contributed by atoms with Crippen LogP contribution >= 0.6 is 11.3 Å². The summed E-state index contributed by atoms with van der Waals surface area (Å²) in [6, 6.07) is 11.2. The van der Waals surface area contributed by atoms with Gasteiger partial charge >= 0.3 is 0 Å². The van der Waals surface area contributed by atoms with E-state index < -0.39 is 0 Å². The molecule has 0 spiro atoms. The van der Waals surface area contributed by atoms with Gasteiger partial charge < -0.3 is 14.5 Å². The van der Waals surface area contributed by atoms with Gasteiger partial charge in [-0.2, -0.15) is 0 Å². The van der Waals surface area contributed by atoms with Crippen LogP contribution in [0.4, 0.5) is 0 Å². The molecule has 1 unspecified atom stereocenters. The highest BCUT2D eigenvalue weighted by molar-refractivity contribution is 7.09. The smallest absolute Gasteiger partial charge is 0.251 e. The first-order chi connectivity index (χ1) is 14.2. The molecule has 0 aliphatic carbocycles. The number of furan rings is 1. The topological polar surface area (TPSA) is 67.6 Å². The van der Waals surface area contributed by atoms with Gasteiger partial charge in [0.05, 0.1) is 23.0 Å². The first-order valence-electron chi connectivity index (χ1n) is 9.88. The standard InChI is InChI=1S/C22H25N3O3S/c1-16-24-18(15-29-16)14-28-19-8-6-17(7-9-19)22(26)23-13-20(21-5-4-12-27-21)25-10-2-3-11-25/h4-9,12,15,20H,2-3,10-11,13-14H2,1H3,(H,23,26). The molecule has 4 rings (SSSR count). The maximum Gasteiger partial charge on any atom is 0.251 e. The van der Waals surface area contributed by atoms with Gasteiger partial charge in [-0.15, -0.1) is 11.3 Å². The summed E-state index contributed by atoms with van der Waals surface area (Å²) in [7, 11) is 0. The molecule has 0 saturated carbocycles. The van der Waals surface area contributed by atoms with Crippen molar-refractivity contribution in [2.75, 3.05) is 19.6 Å². The van der Waals surface area contributed by atoms with Gasteiger partial charge in [0.15, 0.2) is 0 Å². The number of thiazole rings is 1. The Morgan fingerprint density at radius 3 is 2.72 bits per heavy atom. The van der Waals surface area contributed by atoms with Crippen molar-refractivity contribution < 1.29 is 13.9 Å². The van der Waals surface area contributed by atoms with Gasteiger partial charge in [-0.05, 0) is 69.3 Å². The monoisotopic (exact) mass is 411 g/mol. The third-order valence-corrected chi connectivity index (χ3v) is 5.90. The molecule has 1 aliphatic heterocycles. The molecule has 3 heterocycles. The summed E-state index contributed by atoms with van der Waals surface area (Å²) < 4.78 is 11.4. The normalized spacial score (nSPS) is 15.3. The molecule has 1 aromatic carbocycles. The largest absolute Gasteiger partial charge is 0.487 e. The number of rotatable bonds is 8. The predicted molar refractivity (Wildman–Crippen MR) is 112 cm³/mol. The molecule has 7 heteroatoms. The Morgan fingerprint density at radius 1 is 1.28 bits per heavy atom. The summed E-state index contributed by atoms with van der Waals surface area (Å²) in [5.41, 5.74) is 1.53. The van der Waals surface area contributed by atoms with E-state index in [0.29, 0.717) is 18.7 Å². The summed E-state index contributed by atoms with van der Waals surface area (Å²) in [5.74, 6) is 1.52. The highest BCUT2D eigenvalue weighted by atomic mass is 32.1. The number of amides is 1. The van der Waals surface area contributed by atoms with Crippen molar-refractivity contribution in [3.05, 3.63) is 70.1 Å². The van der Waals surface area contributed by atoms with Crippen LogP contribution < -0.4 is 10.1 Å². The quantitative estimate of drug-likeness (QED) is 0.602. The fraction of sp³-hybridized carbons (Fsp3) is 0.364. The molecule has 0 bridgehead atoms. The molecule has 1 aliphatic rings. The van der Waals surface area contributed by atoms with Crippen LogP contribution in [0.1, 0.15) is 45.7 Å². The van der Waals surface area contributed by atoms with Crippen molar-refractivity contribution in [1.29, 1.82) is 0 Å². The number of likely N-dealkylation sites (tertiary alicyclic amines) is 1. The van der Waals surface area contributed by atoms with E-state index in [0.717, 1.165) is 35.3 Å². The van der Waals surface area contributed by atoms with Gasteiger partial charge in [-0.3, -0.25) is 9.69 Å². The molecule has 3 aromatic rings. The number of nitrogens with one attached hydrogen (secondary N) is 1. The summed E-state index contributed by atoms with van der Waals surface area (Å²) in [4.78, 5) is 19.4. The third kappa shape index (κ3) is 5.05. The minimum absolute atomic E-state index is 0.0700. The molecule has 0 radical (unpaired) electrons. The van der Waals surface area contributed by atoms with Gasteiger partial charge in [-0.1, -0.05) is 0 Å². The first kappa shape index (κ1) is 19.7. The number of carbonyl (C=O) groups excluding carboxylic acids is 1. The first-order valence-corrected chi connectivity index (χ1v) is 10.8. The summed E-state index contributed by atoms with van der Waals surface area (Å²) in [6.07, 6.45) is 4.06.